The van der Waals surface area contributed by atoms with E-state index in [1.165, 1.54) is 12.0 Å². The van der Waals surface area contributed by atoms with E-state index in [-0.39, 0.29) is 24.9 Å². The van der Waals surface area contributed by atoms with Crippen LogP contribution in [0, 0.1) is 0 Å². The fourth-order valence-electron chi connectivity index (χ4n) is 1.69. The van der Waals surface area contributed by atoms with Gasteiger partial charge < -0.3 is 15.8 Å². The largest absolute Gasteiger partial charge is 0.495 e. The molecule has 0 saturated carbocycles. The van der Waals surface area contributed by atoms with Crippen LogP contribution in [0.25, 0.3) is 0 Å². The highest BCUT2D eigenvalue weighted by Gasteiger charge is 2.26. The lowest BCUT2D eigenvalue weighted by atomic mass is 10.2. The number of nitrogens with zero attached hydrogens (tertiary/aromatic N) is 1. The second kappa shape index (κ2) is 4.32. The number of hydrogen-bond donors (Lipinski definition) is 2. The molecule has 6 heteroatoms. The number of rotatable bonds is 2. The Bertz CT molecular complexity index is 473. The van der Waals surface area contributed by atoms with Crippen molar-refractivity contribution >= 4 is 23.2 Å². The van der Waals surface area contributed by atoms with Crippen molar-refractivity contribution < 1.29 is 14.3 Å². The summed E-state index contributed by atoms with van der Waals surface area (Å²) in [6.07, 6.45) is 0. The zero-order valence-electron chi connectivity index (χ0n) is 9.40. The highest BCUT2D eigenvalue weighted by molar-refractivity contribution is 6.05. The smallest absolute Gasteiger partial charge is 0.246 e. The van der Waals surface area contributed by atoms with Crippen LogP contribution in [0.4, 0.5) is 11.4 Å². The number of anilines is 2. The molecule has 0 aromatic heterocycles. The van der Waals surface area contributed by atoms with E-state index in [1.807, 2.05) is 0 Å². The van der Waals surface area contributed by atoms with Gasteiger partial charge in [0.1, 0.15) is 12.3 Å². The second-order valence-electron chi connectivity index (χ2n) is 3.69. The van der Waals surface area contributed by atoms with Crippen molar-refractivity contribution in [3.05, 3.63) is 18.2 Å². The molecule has 1 aromatic rings. The number of benzene rings is 1. The maximum Gasteiger partial charge on any atom is 0.246 e. The predicted molar refractivity (Wildman–Crippen MR) is 62.8 cm³/mol. The highest BCUT2D eigenvalue weighted by Crippen LogP contribution is 2.30. The zero-order valence-corrected chi connectivity index (χ0v) is 9.40. The minimum absolute atomic E-state index is 0.00319. The maximum absolute atomic E-state index is 11.7. The number of amides is 2. The Morgan fingerprint density at radius 2 is 2.18 bits per heavy atom. The van der Waals surface area contributed by atoms with Gasteiger partial charge in [0.15, 0.2) is 0 Å². The van der Waals surface area contributed by atoms with Crippen molar-refractivity contribution in [2.45, 2.75) is 0 Å². The first-order valence-electron chi connectivity index (χ1n) is 5.12. The molecular formula is C11H13N3O3. The van der Waals surface area contributed by atoms with Crippen LogP contribution in [0.15, 0.2) is 18.2 Å². The molecule has 1 heterocycles. The number of nitrogens with one attached hydrogen (secondary N) is 1. The van der Waals surface area contributed by atoms with Gasteiger partial charge in [-0.2, -0.15) is 0 Å². The third-order valence-corrected chi connectivity index (χ3v) is 2.53. The summed E-state index contributed by atoms with van der Waals surface area (Å²) in [6.45, 7) is -0.0184. The molecular weight excluding hydrogens is 222 g/mol. The van der Waals surface area contributed by atoms with Crippen LogP contribution in [-0.4, -0.2) is 32.0 Å². The van der Waals surface area contributed by atoms with Crippen molar-refractivity contribution in [1.29, 1.82) is 0 Å². The Morgan fingerprint density at radius 3 is 2.88 bits per heavy atom. The van der Waals surface area contributed by atoms with Crippen LogP contribution < -0.4 is 20.7 Å². The van der Waals surface area contributed by atoms with Gasteiger partial charge >= 0.3 is 0 Å². The minimum Gasteiger partial charge on any atom is -0.495 e. The third-order valence-electron chi connectivity index (χ3n) is 2.53. The van der Waals surface area contributed by atoms with E-state index in [1.54, 1.807) is 18.2 Å². The molecule has 1 aliphatic rings. The summed E-state index contributed by atoms with van der Waals surface area (Å²) in [4.78, 5) is 24.4. The van der Waals surface area contributed by atoms with Crippen molar-refractivity contribution in [2.24, 2.45) is 0 Å². The maximum atomic E-state index is 11.7. The minimum atomic E-state index is -0.200. The molecule has 2 amide bonds. The van der Waals surface area contributed by atoms with Gasteiger partial charge in [-0.15, -0.1) is 0 Å². The first kappa shape index (κ1) is 11.3. The van der Waals surface area contributed by atoms with Crippen molar-refractivity contribution in [1.82, 2.24) is 5.32 Å². The van der Waals surface area contributed by atoms with E-state index in [0.717, 1.165) is 0 Å². The Morgan fingerprint density at radius 1 is 1.41 bits per heavy atom. The summed E-state index contributed by atoms with van der Waals surface area (Å²) in [7, 11) is 1.50. The molecule has 0 atom stereocenters. The molecule has 0 spiro atoms. The number of piperazine rings is 1. The van der Waals surface area contributed by atoms with Gasteiger partial charge in [-0.3, -0.25) is 14.5 Å². The van der Waals surface area contributed by atoms with E-state index < -0.39 is 0 Å². The Balaban J connectivity index is 2.40. The molecule has 90 valence electrons. The number of hydrogen-bond acceptors (Lipinski definition) is 4. The molecule has 1 aliphatic heterocycles. The van der Waals surface area contributed by atoms with Gasteiger partial charge in [0, 0.05) is 5.69 Å². The van der Waals surface area contributed by atoms with Gasteiger partial charge in [-0.1, -0.05) is 0 Å². The summed E-state index contributed by atoms with van der Waals surface area (Å²) in [5.74, 6) is 0.129. The summed E-state index contributed by atoms with van der Waals surface area (Å²) in [6, 6.07) is 4.97. The SMILES string of the molecule is COc1ccc(N)cc1N1CC(=O)NCC1=O. The standard InChI is InChI=1S/C11H13N3O3/c1-17-9-3-2-7(12)4-8(9)14-6-10(15)13-5-11(14)16/h2-4H,5-6,12H2,1H3,(H,13,15). The Labute approximate surface area is 98.3 Å². The number of carbonyl (C=O) groups excluding carboxylic acids is 2. The fourth-order valence-corrected chi connectivity index (χ4v) is 1.69. The fraction of sp³-hybridized carbons (Fsp3) is 0.273. The zero-order chi connectivity index (χ0) is 12.4. The van der Waals surface area contributed by atoms with Crippen molar-refractivity contribution in [3.8, 4) is 5.75 Å². The number of carbonyl (C=O) groups is 2. The summed E-state index contributed by atoms with van der Waals surface area (Å²) >= 11 is 0. The molecule has 0 aliphatic carbocycles. The monoisotopic (exact) mass is 235 g/mol. The number of ether oxygens (including phenoxy) is 1. The van der Waals surface area contributed by atoms with Crippen LogP contribution in [-0.2, 0) is 9.59 Å². The topological polar surface area (TPSA) is 84.7 Å². The summed E-state index contributed by atoms with van der Waals surface area (Å²) in [5.41, 5.74) is 6.71. The first-order valence-corrected chi connectivity index (χ1v) is 5.12. The summed E-state index contributed by atoms with van der Waals surface area (Å²) < 4.78 is 5.16. The van der Waals surface area contributed by atoms with Crippen LogP contribution >= 0.6 is 0 Å². The third kappa shape index (κ3) is 2.15. The van der Waals surface area contributed by atoms with Crippen LogP contribution in [0.2, 0.25) is 0 Å². The number of nitrogens with two attached hydrogens (primary N) is 1. The average molecular weight is 235 g/mol. The van der Waals surface area contributed by atoms with Crippen molar-refractivity contribution in [2.75, 3.05) is 30.8 Å². The molecule has 1 fully saturated rings. The van der Waals surface area contributed by atoms with E-state index >= 15 is 0 Å². The number of nitrogen functional groups attached to an aromatic ring is 1. The molecule has 0 unspecified atom stereocenters. The van der Waals surface area contributed by atoms with Crippen LogP contribution in [0.3, 0.4) is 0 Å². The van der Waals surface area contributed by atoms with E-state index in [0.29, 0.717) is 17.1 Å². The quantitative estimate of drug-likeness (QED) is 0.692. The van der Waals surface area contributed by atoms with Gasteiger partial charge in [0.05, 0.1) is 19.3 Å². The van der Waals surface area contributed by atoms with Gasteiger partial charge in [-0.05, 0) is 18.2 Å². The second-order valence-corrected chi connectivity index (χ2v) is 3.69. The molecule has 1 saturated heterocycles. The molecule has 1 aromatic carbocycles. The average Bonchev–Trinajstić information content (AvgIpc) is 2.32. The molecule has 2 rings (SSSR count). The molecule has 0 bridgehead atoms. The molecule has 17 heavy (non-hydrogen) atoms. The molecule has 0 radical (unpaired) electrons. The van der Waals surface area contributed by atoms with Gasteiger partial charge in [0.2, 0.25) is 11.8 Å². The molecule has 6 nitrogen and oxygen atoms in total. The van der Waals surface area contributed by atoms with Crippen molar-refractivity contribution in [3.63, 3.8) is 0 Å². The predicted octanol–water partition coefficient (Wildman–Crippen LogP) is -0.260. The first-order chi connectivity index (χ1) is 8.11. The van der Waals surface area contributed by atoms with E-state index in [2.05, 4.69) is 5.32 Å². The Kier molecular flexibility index (Phi) is 2.86. The molecule has 3 N–H and O–H groups in total. The summed E-state index contributed by atoms with van der Waals surface area (Å²) in [5, 5.41) is 2.48. The van der Waals surface area contributed by atoms with Crippen LogP contribution in [0.1, 0.15) is 0 Å². The Hall–Kier alpha value is -2.24. The lowest BCUT2D eigenvalue weighted by Gasteiger charge is -2.28. The lowest BCUT2D eigenvalue weighted by Crippen LogP contribution is -2.51. The normalized spacial score (nSPS) is 15.7. The van der Waals surface area contributed by atoms with Crippen LogP contribution in [0.5, 0.6) is 5.75 Å². The highest BCUT2D eigenvalue weighted by atomic mass is 16.5. The number of methoxy groups -OCH3 is 1. The van der Waals surface area contributed by atoms with Gasteiger partial charge in [0.25, 0.3) is 0 Å². The van der Waals surface area contributed by atoms with E-state index in [4.69, 9.17) is 10.5 Å². The lowest BCUT2D eigenvalue weighted by molar-refractivity contribution is -0.128. The van der Waals surface area contributed by atoms with E-state index in [9.17, 15) is 9.59 Å². The van der Waals surface area contributed by atoms with Gasteiger partial charge in [-0.25, -0.2) is 0 Å².